The normalized spacial score (nSPS) is 21.4. The number of hydrogen-bond acceptors (Lipinski definition) is 5. The zero-order valence-electron chi connectivity index (χ0n) is 9.86. The molecule has 1 fully saturated rings. The van der Waals surface area contributed by atoms with Crippen molar-refractivity contribution in [2.24, 2.45) is 0 Å². The number of aromatic nitrogens is 3. The Morgan fingerprint density at radius 2 is 2.44 bits per heavy atom. The average molecular weight is 241 g/mol. The fourth-order valence-electron chi connectivity index (χ4n) is 1.85. The molecule has 0 spiro atoms. The second-order valence-electron chi connectivity index (χ2n) is 4.13. The van der Waals surface area contributed by atoms with E-state index in [-0.39, 0.29) is 0 Å². The third-order valence-corrected chi connectivity index (χ3v) is 3.33. The van der Waals surface area contributed by atoms with Crippen LogP contribution >= 0.6 is 11.8 Å². The number of rotatable bonds is 4. The molecular weight excluding hydrogens is 222 g/mol. The molecule has 5 nitrogen and oxygen atoms in total. The van der Waals surface area contributed by atoms with Crippen molar-refractivity contribution in [3.63, 3.8) is 0 Å². The van der Waals surface area contributed by atoms with Crippen LogP contribution in [-0.2, 0) is 6.42 Å². The van der Waals surface area contributed by atoms with Gasteiger partial charge in [-0.05, 0) is 13.2 Å². The Bertz CT molecular complexity index is 327. The summed E-state index contributed by atoms with van der Waals surface area (Å²) in [5, 5.41) is 10.7. The van der Waals surface area contributed by atoms with E-state index in [0.717, 1.165) is 43.6 Å². The standard InChI is InChI=1S/C10H19N5S/c1-8-7-15(5-4-11-8)10-12-9(13-14-10)3-6-16-2/h8,11H,3-7H2,1-2H3,(H,12,13,14)/t8-/m1/s1. The number of nitrogens with one attached hydrogen (secondary N) is 2. The van der Waals surface area contributed by atoms with Crippen molar-refractivity contribution < 1.29 is 0 Å². The Labute approximate surface area is 100 Å². The number of nitrogens with zero attached hydrogens (tertiary/aromatic N) is 3. The van der Waals surface area contributed by atoms with Crippen molar-refractivity contribution in [2.45, 2.75) is 19.4 Å². The highest BCUT2D eigenvalue weighted by atomic mass is 32.2. The Morgan fingerprint density at radius 3 is 3.19 bits per heavy atom. The van der Waals surface area contributed by atoms with Crippen molar-refractivity contribution in [3.05, 3.63) is 5.82 Å². The molecule has 0 aromatic carbocycles. The molecule has 1 aromatic heterocycles. The van der Waals surface area contributed by atoms with Gasteiger partial charge in [0.1, 0.15) is 5.82 Å². The van der Waals surface area contributed by atoms with Crippen molar-refractivity contribution in [3.8, 4) is 0 Å². The first-order chi connectivity index (χ1) is 7.79. The Hall–Kier alpha value is -0.750. The van der Waals surface area contributed by atoms with Gasteiger partial charge in [0.05, 0.1) is 0 Å². The highest BCUT2D eigenvalue weighted by Gasteiger charge is 2.18. The summed E-state index contributed by atoms with van der Waals surface area (Å²) in [6.07, 6.45) is 3.07. The van der Waals surface area contributed by atoms with Crippen LogP contribution in [0.1, 0.15) is 12.7 Å². The minimum Gasteiger partial charge on any atom is -0.337 e. The lowest BCUT2D eigenvalue weighted by atomic mass is 10.2. The zero-order valence-corrected chi connectivity index (χ0v) is 10.7. The van der Waals surface area contributed by atoms with E-state index in [9.17, 15) is 0 Å². The molecule has 16 heavy (non-hydrogen) atoms. The van der Waals surface area contributed by atoms with Crippen LogP contribution in [0.2, 0.25) is 0 Å². The van der Waals surface area contributed by atoms with Gasteiger partial charge in [-0.3, -0.25) is 5.10 Å². The van der Waals surface area contributed by atoms with E-state index in [1.807, 2.05) is 11.8 Å². The second-order valence-corrected chi connectivity index (χ2v) is 5.11. The van der Waals surface area contributed by atoms with Crippen LogP contribution in [0, 0.1) is 0 Å². The van der Waals surface area contributed by atoms with E-state index in [2.05, 4.69) is 38.6 Å². The Balaban J connectivity index is 1.95. The van der Waals surface area contributed by atoms with Gasteiger partial charge in [0.25, 0.3) is 0 Å². The number of H-pyrrole nitrogens is 1. The maximum atomic E-state index is 4.52. The number of aryl methyl sites for hydroxylation is 1. The van der Waals surface area contributed by atoms with Crippen LogP contribution in [0.3, 0.4) is 0 Å². The lowest BCUT2D eigenvalue weighted by molar-refractivity contribution is 0.480. The maximum absolute atomic E-state index is 4.52. The van der Waals surface area contributed by atoms with Crippen molar-refractivity contribution >= 4 is 17.7 Å². The molecule has 0 radical (unpaired) electrons. The van der Waals surface area contributed by atoms with E-state index in [4.69, 9.17) is 0 Å². The number of thioether (sulfide) groups is 1. The van der Waals surface area contributed by atoms with Crippen molar-refractivity contribution in [1.82, 2.24) is 20.5 Å². The molecule has 90 valence electrons. The van der Waals surface area contributed by atoms with Crippen molar-refractivity contribution in [2.75, 3.05) is 36.5 Å². The van der Waals surface area contributed by atoms with Crippen LogP contribution < -0.4 is 10.2 Å². The van der Waals surface area contributed by atoms with Gasteiger partial charge < -0.3 is 10.2 Å². The molecule has 1 aromatic rings. The largest absolute Gasteiger partial charge is 0.337 e. The van der Waals surface area contributed by atoms with Gasteiger partial charge >= 0.3 is 0 Å². The molecule has 2 heterocycles. The van der Waals surface area contributed by atoms with Crippen LogP contribution in [-0.4, -0.2) is 52.9 Å². The number of piperazine rings is 1. The summed E-state index contributed by atoms with van der Waals surface area (Å²) in [5.41, 5.74) is 0. The van der Waals surface area contributed by atoms with E-state index < -0.39 is 0 Å². The third kappa shape index (κ3) is 2.89. The first-order valence-electron chi connectivity index (χ1n) is 5.68. The minimum atomic E-state index is 0.516. The molecule has 1 atom stereocenters. The predicted molar refractivity (Wildman–Crippen MR) is 68.1 cm³/mol. The average Bonchev–Trinajstić information content (AvgIpc) is 2.75. The van der Waals surface area contributed by atoms with Crippen molar-refractivity contribution in [1.29, 1.82) is 0 Å². The highest BCUT2D eigenvalue weighted by Crippen LogP contribution is 2.10. The van der Waals surface area contributed by atoms with E-state index in [1.54, 1.807) is 0 Å². The summed E-state index contributed by atoms with van der Waals surface area (Å²) < 4.78 is 0. The molecule has 1 aliphatic rings. The SMILES string of the molecule is CSCCc1nc(N2CCN[C@H](C)C2)n[nH]1. The lowest BCUT2D eigenvalue weighted by Gasteiger charge is -2.30. The summed E-state index contributed by atoms with van der Waals surface area (Å²) in [6, 6.07) is 0.516. The summed E-state index contributed by atoms with van der Waals surface area (Å²) >= 11 is 1.83. The quantitative estimate of drug-likeness (QED) is 0.804. The molecule has 2 N–H and O–H groups in total. The second kappa shape index (κ2) is 5.54. The van der Waals surface area contributed by atoms with Gasteiger partial charge in [-0.15, -0.1) is 5.10 Å². The van der Waals surface area contributed by atoms with Crippen LogP contribution in [0.25, 0.3) is 0 Å². The Morgan fingerprint density at radius 1 is 1.56 bits per heavy atom. The molecule has 0 bridgehead atoms. The first-order valence-corrected chi connectivity index (χ1v) is 7.07. The van der Waals surface area contributed by atoms with Crippen LogP contribution in [0.15, 0.2) is 0 Å². The van der Waals surface area contributed by atoms with Crippen LogP contribution in [0.5, 0.6) is 0 Å². The lowest BCUT2D eigenvalue weighted by Crippen LogP contribution is -2.49. The summed E-state index contributed by atoms with van der Waals surface area (Å²) in [5.74, 6) is 2.94. The molecule has 1 aliphatic heterocycles. The zero-order chi connectivity index (χ0) is 11.4. The van der Waals surface area contributed by atoms with Gasteiger partial charge in [0.15, 0.2) is 0 Å². The number of anilines is 1. The van der Waals surface area contributed by atoms with Gasteiger partial charge in [0, 0.05) is 37.8 Å². The molecule has 0 amide bonds. The molecular formula is C10H19N5S. The van der Waals surface area contributed by atoms with E-state index in [1.165, 1.54) is 0 Å². The monoisotopic (exact) mass is 241 g/mol. The van der Waals surface area contributed by atoms with Gasteiger partial charge in [-0.25, -0.2) is 0 Å². The van der Waals surface area contributed by atoms with Gasteiger partial charge in [-0.2, -0.15) is 16.7 Å². The molecule has 1 saturated heterocycles. The minimum absolute atomic E-state index is 0.516. The number of hydrogen-bond donors (Lipinski definition) is 2. The van der Waals surface area contributed by atoms with Gasteiger partial charge in [0.2, 0.25) is 5.95 Å². The topological polar surface area (TPSA) is 56.8 Å². The van der Waals surface area contributed by atoms with E-state index in [0.29, 0.717) is 6.04 Å². The summed E-state index contributed by atoms with van der Waals surface area (Å²) in [6.45, 7) is 5.17. The van der Waals surface area contributed by atoms with Crippen LogP contribution in [0.4, 0.5) is 5.95 Å². The predicted octanol–water partition coefficient (Wildman–Crippen LogP) is 0.508. The fourth-order valence-corrected chi connectivity index (χ4v) is 2.25. The Kier molecular flexibility index (Phi) is 4.06. The highest BCUT2D eigenvalue weighted by molar-refractivity contribution is 7.98. The maximum Gasteiger partial charge on any atom is 0.244 e. The number of aromatic amines is 1. The first kappa shape index (κ1) is 11.7. The van der Waals surface area contributed by atoms with Gasteiger partial charge in [-0.1, -0.05) is 0 Å². The van der Waals surface area contributed by atoms with E-state index >= 15 is 0 Å². The fraction of sp³-hybridized carbons (Fsp3) is 0.800. The molecule has 0 saturated carbocycles. The molecule has 0 unspecified atom stereocenters. The molecule has 6 heteroatoms. The third-order valence-electron chi connectivity index (χ3n) is 2.71. The molecule has 2 rings (SSSR count). The summed E-state index contributed by atoms with van der Waals surface area (Å²) in [7, 11) is 0. The smallest absolute Gasteiger partial charge is 0.244 e. The molecule has 0 aliphatic carbocycles. The summed E-state index contributed by atoms with van der Waals surface area (Å²) in [4.78, 5) is 6.76.